The molecule has 2 rings (SSSR count). The van der Waals surface area contributed by atoms with Gasteiger partial charge in [0.05, 0.1) is 5.92 Å². The molecule has 0 saturated heterocycles. The zero-order valence-electron chi connectivity index (χ0n) is 11.2. The Morgan fingerprint density at radius 2 is 1.89 bits per heavy atom. The van der Waals surface area contributed by atoms with Gasteiger partial charge in [0.1, 0.15) is 5.82 Å². The Morgan fingerprint density at radius 3 is 2.47 bits per heavy atom. The minimum Gasteiger partial charge on any atom is -0.481 e. The van der Waals surface area contributed by atoms with Crippen LogP contribution in [0.4, 0.5) is 0 Å². The van der Waals surface area contributed by atoms with Gasteiger partial charge in [-0.2, -0.15) is 5.10 Å². The third-order valence-corrected chi connectivity index (χ3v) is 3.38. The van der Waals surface area contributed by atoms with E-state index in [2.05, 4.69) is 10.1 Å². The number of rotatable bonds is 4. The predicted molar refractivity (Wildman–Crippen MR) is 71.7 cm³/mol. The zero-order valence-corrected chi connectivity index (χ0v) is 11.2. The van der Waals surface area contributed by atoms with Crippen LogP contribution in [0.25, 0.3) is 11.4 Å². The van der Waals surface area contributed by atoms with Crippen LogP contribution in [-0.2, 0) is 11.8 Å². The molecule has 1 aromatic carbocycles. The minimum absolute atomic E-state index is 0.188. The quantitative estimate of drug-likeness (QED) is 0.914. The maximum Gasteiger partial charge on any atom is 0.306 e. The number of hydrogen-bond donors (Lipinski definition) is 1. The highest BCUT2D eigenvalue weighted by atomic mass is 16.4. The molecule has 0 aliphatic heterocycles. The van der Waals surface area contributed by atoms with Crippen molar-refractivity contribution in [2.45, 2.75) is 19.8 Å². The highest BCUT2D eigenvalue weighted by Gasteiger charge is 2.25. The third kappa shape index (κ3) is 2.65. The molecule has 100 valence electrons. The van der Waals surface area contributed by atoms with Crippen LogP contribution >= 0.6 is 0 Å². The summed E-state index contributed by atoms with van der Waals surface area (Å²) in [6.07, 6.45) is 0. The van der Waals surface area contributed by atoms with Gasteiger partial charge < -0.3 is 5.11 Å². The third-order valence-electron chi connectivity index (χ3n) is 3.38. The van der Waals surface area contributed by atoms with Crippen LogP contribution in [0.5, 0.6) is 0 Å². The highest BCUT2D eigenvalue weighted by Crippen LogP contribution is 2.24. The van der Waals surface area contributed by atoms with E-state index in [1.165, 1.54) is 0 Å². The van der Waals surface area contributed by atoms with Crippen molar-refractivity contribution < 1.29 is 9.90 Å². The van der Waals surface area contributed by atoms with Gasteiger partial charge in [0.15, 0.2) is 5.82 Å². The van der Waals surface area contributed by atoms with E-state index in [-0.39, 0.29) is 5.92 Å². The molecule has 2 atom stereocenters. The first-order valence-electron chi connectivity index (χ1n) is 6.20. The Kier molecular flexibility index (Phi) is 3.64. The number of aromatic nitrogens is 3. The molecule has 5 nitrogen and oxygen atoms in total. The van der Waals surface area contributed by atoms with Crippen LogP contribution in [-0.4, -0.2) is 25.8 Å². The van der Waals surface area contributed by atoms with Crippen molar-refractivity contribution in [2.75, 3.05) is 0 Å². The first kappa shape index (κ1) is 13.3. The minimum atomic E-state index is -0.822. The topological polar surface area (TPSA) is 68.0 Å². The summed E-state index contributed by atoms with van der Waals surface area (Å²) in [5, 5.41) is 13.4. The molecule has 0 amide bonds. The number of carboxylic acid groups (broad SMARTS) is 1. The highest BCUT2D eigenvalue weighted by molar-refractivity contribution is 5.70. The molecule has 1 N–H and O–H groups in total. The van der Waals surface area contributed by atoms with Crippen LogP contribution in [0.15, 0.2) is 30.3 Å². The molecule has 1 heterocycles. The second kappa shape index (κ2) is 5.22. The van der Waals surface area contributed by atoms with E-state index in [1.54, 1.807) is 18.7 Å². The largest absolute Gasteiger partial charge is 0.481 e. The fraction of sp³-hybridized carbons (Fsp3) is 0.357. The molecule has 0 aliphatic rings. The van der Waals surface area contributed by atoms with Gasteiger partial charge >= 0.3 is 5.97 Å². The lowest BCUT2D eigenvalue weighted by Crippen LogP contribution is -2.19. The van der Waals surface area contributed by atoms with Gasteiger partial charge in [-0.1, -0.05) is 44.2 Å². The van der Waals surface area contributed by atoms with E-state index in [9.17, 15) is 4.79 Å². The van der Waals surface area contributed by atoms with Crippen molar-refractivity contribution >= 4 is 5.97 Å². The summed E-state index contributed by atoms with van der Waals surface area (Å²) in [5.41, 5.74) is 0.930. The van der Waals surface area contributed by atoms with Crippen LogP contribution in [0.2, 0.25) is 0 Å². The number of carboxylic acids is 1. The molecule has 0 fully saturated rings. The van der Waals surface area contributed by atoms with E-state index in [4.69, 9.17) is 5.11 Å². The van der Waals surface area contributed by atoms with E-state index in [0.717, 1.165) is 5.56 Å². The Morgan fingerprint density at radius 1 is 1.26 bits per heavy atom. The number of benzene rings is 1. The molecule has 0 bridgehead atoms. The number of hydrogen-bond acceptors (Lipinski definition) is 3. The summed E-state index contributed by atoms with van der Waals surface area (Å²) >= 11 is 0. The Labute approximate surface area is 111 Å². The van der Waals surface area contributed by atoms with E-state index in [0.29, 0.717) is 11.6 Å². The molecule has 2 aromatic rings. The number of nitrogens with zero attached hydrogens (tertiary/aromatic N) is 3. The standard InChI is InChI=1S/C14H17N3O2/c1-9(10(2)14(18)19)13-15-12(16-17(13)3)11-7-5-4-6-8-11/h4-10H,1-3H3,(H,18,19). The predicted octanol–water partition coefficient (Wildman–Crippen LogP) is 2.31. The van der Waals surface area contributed by atoms with Gasteiger partial charge in [-0.25, -0.2) is 4.98 Å². The van der Waals surface area contributed by atoms with E-state index in [1.807, 2.05) is 37.3 Å². The van der Waals surface area contributed by atoms with E-state index < -0.39 is 11.9 Å². The summed E-state index contributed by atoms with van der Waals surface area (Å²) in [7, 11) is 1.79. The van der Waals surface area contributed by atoms with Crippen molar-refractivity contribution in [1.29, 1.82) is 0 Å². The number of aryl methyl sites for hydroxylation is 1. The fourth-order valence-electron chi connectivity index (χ4n) is 1.94. The molecule has 0 saturated carbocycles. The second-order valence-electron chi connectivity index (χ2n) is 4.70. The van der Waals surface area contributed by atoms with Gasteiger partial charge in [0.2, 0.25) is 0 Å². The average Bonchev–Trinajstić information content (AvgIpc) is 2.80. The Hall–Kier alpha value is -2.17. The van der Waals surface area contributed by atoms with Crippen molar-refractivity contribution in [1.82, 2.24) is 14.8 Å². The van der Waals surface area contributed by atoms with Crippen molar-refractivity contribution in [3.05, 3.63) is 36.2 Å². The number of aliphatic carboxylic acids is 1. The van der Waals surface area contributed by atoms with Gasteiger partial charge in [0.25, 0.3) is 0 Å². The molecule has 1 aromatic heterocycles. The summed E-state index contributed by atoms with van der Waals surface area (Å²) in [5.74, 6) is -0.188. The van der Waals surface area contributed by atoms with Gasteiger partial charge in [0, 0.05) is 18.5 Å². The van der Waals surface area contributed by atoms with Crippen LogP contribution < -0.4 is 0 Å². The lowest BCUT2D eigenvalue weighted by atomic mass is 9.95. The fourth-order valence-corrected chi connectivity index (χ4v) is 1.94. The maximum atomic E-state index is 11.0. The molecule has 0 radical (unpaired) electrons. The lowest BCUT2D eigenvalue weighted by Gasteiger charge is -2.14. The molecule has 0 spiro atoms. The SMILES string of the molecule is CC(C(=O)O)C(C)c1nc(-c2ccccc2)nn1C. The molecule has 19 heavy (non-hydrogen) atoms. The average molecular weight is 259 g/mol. The van der Waals surface area contributed by atoms with Gasteiger partial charge in [-0.05, 0) is 0 Å². The van der Waals surface area contributed by atoms with Gasteiger partial charge in [-0.3, -0.25) is 9.48 Å². The van der Waals surface area contributed by atoms with Crippen molar-refractivity contribution in [2.24, 2.45) is 13.0 Å². The second-order valence-corrected chi connectivity index (χ2v) is 4.70. The van der Waals surface area contributed by atoms with Crippen LogP contribution in [0.1, 0.15) is 25.6 Å². The lowest BCUT2D eigenvalue weighted by molar-refractivity contribution is -0.141. The molecule has 0 aliphatic carbocycles. The summed E-state index contributed by atoms with van der Waals surface area (Å²) < 4.78 is 1.66. The molecular weight excluding hydrogens is 242 g/mol. The van der Waals surface area contributed by atoms with Crippen LogP contribution in [0.3, 0.4) is 0 Å². The Balaban J connectivity index is 2.34. The normalized spacial score (nSPS) is 14.1. The molecular formula is C14H17N3O2. The summed E-state index contributed by atoms with van der Waals surface area (Å²) in [6, 6.07) is 9.65. The van der Waals surface area contributed by atoms with Crippen molar-refractivity contribution in [3.8, 4) is 11.4 Å². The zero-order chi connectivity index (χ0) is 14.0. The first-order valence-corrected chi connectivity index (χ1v) is 6.20. The summed E-state index contributed by atoms with van der Waals surface area (Å²) in [6.45, 7) is 3.54. The monoisotopic (exact) mass is 259 g/mol. The summed E-state index contributed by atoms with van der Waals surface area (Å²) in [4.78, 5) is 15.5. The Bertz CT molecular complexity index is 578. The van der Waals surface area contributed by atoms with Crippen molar-refractivity contribution in [3.63, 3.8) is 0 Å². The van der Waals surface area contributed by atoms with Gasteiger partial charge in [-0.15, -0.1) is 0 Å². The molecule has 5 heteroatoms. The van der Waals surface area contributed by atoms with Crippen LogP contribution in [0, 0.1) is 5.92 Å². The first-order chi connectivity index (χ1) is 9.00. The van der Waals surface area contributed by atoms with E-state index >= 15 is 0 Å². The smallest absolute Gasteiger partial charge is 0.306 e. The molecule has 2 unspecified atom stereocenters. The number of carbonyl (C=O) groups is 1. The maximum absolute atomic E-state index is 11.0.